The first-order valence-corrected chi connectivity index (χ1v) is 11.6. The van der Waals surface area contributed by atoms with Crippen LogP contribution in [-0.2, 0) is 14.8 Å². The summed E-state index contributed by atoms with van der Waals surface area (Å²) in [5.41, 5.74) is -0.504. The second-order valence-electron chi connectivity index (χ2n) is 9.02. The van der Waals surface area contributed by atoms with Gasteiger partial charge in [-0.2, -0.15) is 4.31 Å². The molecule has 1 unspecified atom stereocenters. The molecule has 4 heterocycles. The summed E-state index contributed by atoms with van der Waals surface area (Å²) in [4.78, 5) is 19.6. The number of likely N-dealkylation sites (tertiary alicyclic amines) is 1. The Morgan fingerprint density at radius 3 is 2.54 bits per heavy atom. The fourth-order valence-electron chi connectivity index (χ4n) is 5.60. The van der Waals surface area contributed by atoms with Gasteiger partial charge in [0, 0.05) is 57.1 Å². The van der Waals surface area contributed by atoms with Crippen molar-refractivity contribution < 1.29 is 13.2 Å². The largest absolute Gasteiger partial charge is 0.356 e. The highest BCUT2D eigenvalue weighted by Crippen LogP contribution is 2.56. The summed E-state index contributed by atoms with van der Waals surface area (Å²) in [7, 11) is -3.53. The molecule has 1 atom stereocenters. The van der Waals surface area contributed by atoms with Gasteiger partial charge in [0.05, 0.1) is 5.41 Å². The number of carbonyl (C=O) groups is 1. The third-order valence-corrected chi connectivity index (χ3v) is 8.76. The van der Waals surface area contributed by atoms with E-state index in [0.29, 0.717) is 19.0 Å². The van der Waals surface area contributed by atoms with Crippen molar-refractivity contribution in [3.05, 3.63) is 24.5 Å². The highest BCUT2D eigenvalue weighted by Gasteiger charge is 2.63. The van der Waals surface area contributed by atoms with Gasteiger partial charge in [-0.05, 0) is 37.3 Å². The standard InChI is InChI=1S/C20H30N4O3S/c1-16(2)13-23-14-19(20(15-23)5-9-22-18(20)25)6-10-24(11-7-19)28(26,27)17-4-3-8-21-12-17/h3-4,8,12,16H,5-7,9-11,13-15H2,1-2H3,(H,22,25). The molecular formula is C20H30N4O3S. The average molecular weight is 407 g/mol. The molecule has 2 spiro atoms. The highest BCUT2D eigenvalue weighted by atomic mass is 32.2. The van der Waals surface area contributed by atoms with E-state index >= 15 is 0 Å². The van der Waals surface area contributed by atoms with Crippen molar-refractivity contribution in [1.29, 1.82) is 0 Å². The van der Waals surface area contributed by atoms with Crippen LogP contribution in [0.3, 0.4) is 0 Å². The molecule has 1 amide bonds. The predicted octanol–water partition coefficient (Wildman–Crippen LogP) is 1.33. The molecule has 1 aromatic rings. The maximum absolute atomic E-state index is 13.0. The summed E-state index contributed by atoms with van der Waals surface area (Å²) < 4.78 is 27.5. The molecule has 1 aromatic heterocycles. The lowest BCUT2D eigenvalue weighted by Crippen LogP contribution is -2.53. The molecule has 0 radical (unpaired) electrons. The number of hydrogen-bond donors (Lipinski definition) is 1. The van der Waals surface area contributed by atoms with Crippen LogP contribution in [0.5, 0.6) is 0 Å². The van der Waals surface area contributed by atoms with E-state index in [1.54, 1.807) is 22.6 Å². The number of fused-ring (bicyclic) bond motifs is 1. The number of rotatable bonds is 4. The smallest absolute Gasteiger partial charge is 0.244 e. The molecule has 3 fully saturated rings. The number of nitrogens with one attached hydrogen (secondary N) is 1. The summed E-state index contributed by atoms with van der Waals surface area (Å²) in [6.45, 7) is 8.72. The summed E-state index contributed by atoms with van der Waals surface area (Å²) in [6.07, 6.45) is 5.30. The van der Waals surface area contributed by atoms with Crippen LogP contribution < -0.4 is 5.32 Å². The van der Waals surface area contributed by atoms with Crippen LogP contribution in [0.15, 0.2) is 29.4 Å². The number of pyridine rings is 1. The predicted molar refractivity (Wildman–Crippen MR) is 106 cm³/mol. The number of hydrogen-bond acceptors (Lipinski definition) is 5. The normalized spacial score (nSPS) is 28.5. The van der Waals surface area contributed by atoms with E-state index in [9.17, 15) is 13.2 Å². The van der Waals surface area contributed by atoms with Crippen molar-refractivity contribution >= 4 is 15.9 Å². The van der Waals surface area contributed by atoms with Crippen molar-refractivity contribution in [1.82, 2.24) is 19.5 Å². The Kier molecular flexibility index (Phi) is 5.00. The van der Waals surface area contributed by atoms with E-state index in [0.717, 1.165) is 45.4 Å². The van der Waals surface area contributed by atoms with Crippen LogP contribution in [0.1, 0.15) is 33.1 Å². The lowest BCUT2D eigenvalue weighted by Gasteiger charge is -2.46. The minimum atomic E-state index is -3.53. The molecule has 0 saturated carbocycles. The van der Waals surface area contributed by atoms with Gasteiger partial charge in [-0.1, -0.05) is 13.8 Å². The quantitative estimate of drug-likeness (QED) is 0.816. The lowest BCUT2D eigenvalue weighted by atomic mass is 9.60. The van der Waals surface area contributed by atoms with Crippen LogP contribution >= 0.6 is 0 Å². The minimum absolute atomic E-state index is 0.135. The van der Waals surface area contributed by atoms with Crippen LogP contribution in [-0.4, -0.2) is 67.8 Å². The molecule has 3 aliphatic rings. The summed E-state index contributed by atoms with van der Waals surface area (Å²) in [5, 5.41) is 3.06. The Bertz CT molecular complexity index is 834. The van der Waals surface area contributed by atoms with Crippen LogP contribution in [0.4, 0.5) is 0 Å². The van der Waals surface area contributed by atoms with Crippen LogP contribution in [0, 0.1) is 16.7 Å². The Morgan fingerprint density at radius 2 is 1.96 bits per heavy atom. The average Bonchev–Trinajstić information content (AvgIpc) is 3.17. The van der Waals surface area contributed by atoms with Crippen molar-refractivity contribution in [3.63, 3.8) is 0 Å². The van der Waals surface area contributed by atoms with Gasteiger partial charge in [0.15, 0.2) is 0 Å². The van der Waals surface area contributed by atoms with E-state index in [2.05, 4.69) is 29.0 Å². The highest BCUT2D eigenvalue weighted by molar-refractivity contribution is 7.89. The number of aromatic nitrogens is 1. The number of nitrogens with zero attached hydrogens (tertiary/aromatic N) is 3. The SMILES string of the molecule is CC(C)CN1CC2(CCN(S(=O)(=O)c3cccnc3)CC2)C2(CCNC2=O)C1. The van der Waals surface area contributed by atoms with Gasteiger partial charge in [0.2, 0.25) is 15.9 Å². The third kappa shape index (κ3) is 3.06. The van der Waals surface area contributed by atoms with Gasteiger partial charge in [-0.25, -0.2) is 8.42 Å². The molecule has 28 heavy (non-hydrogen) atoms. The molecular weight excluding hydrogens is 376 g/mol. The Labute approximate surface area is 167 Å². The van der Waals surface area contributed by atoms with Crippen molar-refractivity contribution in [3.8, 4) is 0 Å². The number of sulfonamides is 1. The fourth-order valence-corrected chi connectivity index (χ4v) is 7.01. The van der Waals surface area contributed by atoms with E-state index < -0.39 is 10.0 Å². The topological polar surface area (TPSA) is 82.6 Å². The van der Waals surface area contributed by atoms with E-state index in [4.69, 9.17) is 0 Å². The maximum atomic E-state index is 13.0. The Morgan fingerprint density at radius 1 is 1.21 bits per heavy atom. The molecule has 0 bridgehead atoms. The first-order valence-electron chi connectivity index (χ1n) is 10.2. The third-order valence-electron chi connectivity index (χ3n) is 6.88. The number of carbonyl (C=O) groups excluding carboxylic acids is 1. The lowest BCUT2D eigenvalue weighted by molar-refractivity contribution is -0.133. The second-order valence-corrected chi connectivity index (χ2v) is 11.0. The van der Waals surface area contributed by atoms with Crippen LogP contribution in [0.2, 0.25) is 0 Å². The molecule has 1 N–H and O–H groups in total. The number of piperidine rings is 1. The zero-order valence-corrected chi connectivity index (χ0v) is 17.5. The van der Waals surface area contributed by atoms with Crippen molar-refractivity contribution in [2.75, 3.05) is 39.3 Å². The first kappa shape index (κ1) is 19.8. The summed E-state index contributed by atoms with van der Waals surface area (Å²) in [6, 6.07) is 3.25. The van der Waals surface area contributed by atoms with Gasteiger partial charge < -0.3 is 10.2 Å². The first-order chi connectivity index (χ1) is 13.3. The minimum Gasteiger partial charge on any atom is -0.356 e. The van der Waals surface area contributed by atoms with Gasteiger partial charge in [-0.3, -0.25) is 9.78 Å². The van der Waals surface area contributed by atoms with E-state index in [1.165, 1.54) is 6.20 Å². The molecule has 0 aliphatic carbocycles. The van der Waals surface area contributed by atoms with Crippen LogP contribution in [0.25, 0.3) is 0 Å². The molecule has 8 heteroatoms. The number of amides is 1. The zero-order chi connectivity index (χ0) is 20.0. The fraction of sp³-hybridized carbons (Fsp3) is 0.700. The summed E-state index contributed by atoms with van der Waals surface area (Å²) >= 11 is 0. The molecule has 3 aliphatic heterocycles. The van der Waals surface area contributed by atoms with Gasteiger partial charge >= 0.3 is 0 Å². The Hall–Kier alpha value is -1.51. The van der Waals surface area contributed by atoms with Crippen molar-refractivity contribution in [2.45, 2.75) is 38.0 Å². The molecule has 154 valence electrons. The molecule has 7 nitrogen and oxygen atoms in total. The monoisotopic (exact) mass is 406 g/mol. The molecule has 3 saturated heterocycles. The zero-order valence-electron chi connectivity index (χ0n) is 16.7. The molecule has 0 aromatic carbocycles. The Balaban J connectivity index is 1.57. The van der Waals surface area contributed by atoms with E-state index in [-0.39, 0.29) is 21.6 Å². The van der Waals surface area contributed by atoms with E-state index in [1.807, 2.05) is 0 Å². The maximum Gasteiger partial charge on any atom is 0.244 e. The second kappa shape index (κ2) is 7.07. The van der Waals surface area contributed by atoms with Gasteiger partial charge in [0.25, 0.3) is 0 Å². The van der Waals surface area contributed by atoms with Gasteiger partial charge in [-0.15, -0.1) is 0 Å². The summed E-state index contributed by atoms with van der Waals surface area (Å²) in [5.74, 6) is 0.713. The molecule has 4 rings (SSSR count). The van der Waals surface area contributed by atoms with Crippen molar-refractivity contribution in [2.24, 2.45) is 16.7 Å². The van der Waals surface area contributed by atoms with Gasteiger partial charge in [0.1, 0.15) is 4.90 Å².